The molecule has 5 nitrogen and oxygen atoms in total. The molecule has 4 rings (SSSR count). The van der Waals surface area contributed by atoms with Crippen molar-refractivity contribution in [1.29, 1.82) is 0 Å². The van der Waals surface area contributed by atoms with Crippen LogP contribution in [0.1, 0.15) is 36.6 Å². The Balaban J connectivity index is 1.64. The quantitative estimate of drug-likeness (QED) is 0.741. The molecule has 0 aliphatic carbocycles. The third kappa shape index (κ3) is 3.50. The lowest BCUT2D eigenvalue weighted by Gasteiger charge is -2.31. The van der Waals surface area contributed by atoms with Gasteiger partial charge in [0.1, 0.15) is 6.04 Å². The predicted molar refractivity (Wildman–Crippen MR) is 105 cm³/mol. The summed E-state index contributed by atoms with van der Waals surface area (Å²) < 4.78 is 5.49. The number of benzene rings is 2. The van der Waals surface area contributed by atoms with Gasteiger partial charge in [0.25, 0.3) is 0 Å². The molecule has 0 aromatic heterocycles. The fourth-order valence-electron chi connectivity index (χ4n) is 4.43. The number of fused-ring (bicyclic) bond motifs is 1. The summed E-state index contributed by atoms with van der Waals surface area (Å²) in [6.07, 6.45) is 0.853. The van der Waals surface area contributed by atoms with Crippen molar-refractivity contribution in [3.05, 3.63) is 71.8 Å². The first kappa shape index (κ1) is 18.2. The second-order valence-corrected chi connectivity index (χ2v) is 7.17. The fraction of sp³-hybridized carbons (Fsp3) is 0.409. The molecule has 27 heavy (non-hydrogen) atoms. The van der Waals surface area contributed by atoms with E-state index in [4.69, 9.17) is 4.74 Å². The van der Waals surface area contributed by atoms with Crippen LogP contribution in [0.4, 0.5) is 0 Å². The zero-order chi connectivity index (χ0) is 18.6. The third-order valence-electron chi connectivity index (χ3n) is 5.61. The van der Waals surface area contributed by atoms with Gasteiger partial charge in [-0.15, -0.1) is 0 Å². The second-order valence-electron chi connectivity index (χ2n) is 7.17. The summed E-state index contributed by atoms with van der Waals surface area (Å²) in [5.74, 6) is 0.325. The van der Waals surface area contributed by atoms with Gasteiger partial charge in [0.2, 0.25) is 5.91 Å². The molecule has 2 aromatic carbocycles. The van der Waals surface area contributed by atoms with Crippen molar-refractivity contribution < 1.29 is 9.53 Å². The molecule has 1 amide bonds. The first-order valence-electron chi connectivity index (χ1n) is 9.80. The summed E-state index contributed by atoms with van der Waals surface area (Å²) in [7, 11) is 0. The summed E-state index contributed by atoms with van der Waals surface area (Å²) >= 11 is 0. The fourth-order valence-corrected chi connectivity index (χ4v) is 4.43. The Labute approximate surface area is 160 Å². The van der Waals surface area contributed by atoms with Crippen molar-refractivity contribution in [2.24, 2.45) is 5.92 Å². The maximum atomic E-state index is 13.2. The monoisotopic (exact) mass is 365 g/mol. The highest BCUT2D eigenvalue weighted by Crippen LogP contribution is 2.47. The zero-order valence-electron chi connectivity index (χ0n) is 15.7. The molecule has 2 saturated heterocycles. The molecule has 0 saturated carbocycles. The lowest BCUT2D eigenvalue weighted by molar-refractivity contribution is -0.131. The van der Waals surface area contributed by atoms with Crippen LogP contribution in [0.2, 0.25) is 0 Å². The minimum atomic E-state index is -0.201. The van der Waals surface area contributed by atoms with E-state index in [1.54, 1.807) is 0 Å². The van der Waals surface area contributed by atoms with Crippen molar-refractivity contribution in [3.8, 4) is 0 Å². The summed E-state index contributed by atoms with van der Waals surface area (Å²) in [6.45, 7) is 4.11. The maximum Gasteiger partial charge on any atom is 0.242 e. The molecule has 2 fully saturated rings. The number of nitrogens with zero attached hydrogens (tertiary/aromatic N) is 1. The number of ether oxygens (including phenoxy) is 1. The molecule has 142 valence electrons. The Morgan fingerprint density at radius 3 is 2.22 bits per heavy atom. The molecular weight excluding hydrogens is 338 g/mol. The van der Waals surface area contributed by atoms with Gasteiger partial charge in [-0.25, -0.2) is 10.9 Å². The standard InChI is InChI=1S/C22H27N3O2/c1-2-27-15-9-14-25-21(17-12-7-4-8-13-17)18-19(16-10-5-3-6-11-16)23-24-20(18)22(25)26/h3-8,10-13,18-21,23-24H,2,9,14-15H2,1H3. The van der Waals surface area contributed by atoms with Gasteiger partial charge < -0.3 is 9.64 Å². The first-order valence-corrected chi connectivity index (χ1v) is 9.80. The zero-order valence-corrected chi connectivity index (χ0v) is 15.7. The van der Waals surface area contributed by atoms with E-state index >= 15 is 0 Å². The van der Waals surface area contributed by atoms with Crippen LogP contribution in [-0.4, -0.2) is 36.6 Å². The number of rotatable bonds is 7. The summed E-state index contributed by atoms with van der Waals surface area (Å²) in [6, 6.07) is 20.8. The molecule has 2 aliphatic heterocycles. The number of carbonyl (C=O) groups is 1. The summed E-state index contributed by atoms with van der Waals surface area (Å²) in [5.41, 5.74) is 9.06. The van der Waals surface area contributed by atoms with Crippen LogP contribution in [-0.2, 0) is 9.53 Å². The SMILES string of the molecule is CCOCCCN1C(=O)C2NNC(c3ccccc3)C2C1c1ccccc1. The van der Waals surface area contributed by atoms with Crippen LogP contribution >= 0.6 is 0 Å². The van der Waals surface area contributed by atoms with E-state index in [2.05, 4.69) is 59.4 Å². The van der Waals surface area contributed by atoms with Gasteiger partial charge in [-0.2, -0.15) is 0 Å². The van der Waals surface area contributed by atoms with Crippen molar-refractivity contribution in [3.63, 3.8) is 0 Å². The summed E-state index contributed by atoms with van der Waals surface area (Å²) in [5, 5.41) is 0. The number of hydrogen-bond acceptors (Lipinski definition) is 4. The van der Waals surface area contributed by atoms with Crippen LogP contribution in [0.15, 0.2) is 60.7 Å². The Kier molecular flexibility index (Phi) is 5.53. The van der Waals surface area contributed by atoms with Crippen molar-refractivity contribution >= 4 is 5.91 Å². The average molecular weight is 365 g/mol. The molecule has 2 aliphatic rings. The predicted octanol–water partition coefficient (Wildman–Crippen LogP) is 2.83. The third-order valence-corrected chi connectivity index (χ3v) is 5.61. The number of nitrogens with one attached hydrogen (secondary N) is 2. The normalized spacial score (nSPS) is 27.1. The minimum Gasteiger partial charge on any atom is -0.382 e. The van der Waals surface area contributed by atoms with E-state index < -0.39 is 0 Å². The number of likely N-dealkylation sites (tertiary alicyclic amines) is 1. The molecule has 2 aromatic rings. The van der Waals surface area contributed by atoms with Gasteiger partial charge >= 0.3 is 0 Å². The lowest BCUT2D eigenvalue weighted by Crippen LogP contribution is -2.41. The molecule has 5 heteroatoms. The van der Waals surface area contributed by atoms with Gasteiger partial charge in [-0.3, -0.25) is 4.79 Å². The second kappa shape index (κ2) is 8.21. The van der Waals surface area contributed by atoms with Crippen molar-refractivity contribution in [2.75, 3.05) is 19.8 Å². The van der Waals surface area contributed by atoms with E-state index in [9.17, 15) is 4.79 Å². The molecule has 0 radical (unpaired) electrons. The van der Waals surface area contributed by atoms with Crippen LogP contribution < -0.4 is 10.9 Å². The van der Waals surface area contributed by atoms with E-state index in [0.717, 1.165) is 6.42 Å². The van der Waals surface area contributed by atoms with Gasteiger partial charge in [0.15, 0.2) is 0 Å². The molecule has 4 atom stereocenters. The first-order chi connectivity index (χ1) is 13.3. The number of hydrogen-bond donors (Lipinski definition) is 2. The highest BCUT2D eigenvalue weighted by molar-refractivity contribution is 5.86. The Bertz CT molecular complexity index is 753. The van der Waals surface area contributed by atoms with Crippen LogP contribution in [0.25, 0.3) is 0 Å². The maximum absolute atomic E-state index is 13.2. The molecule has 4 unspecified atom stereocenters. The van der Waals surface area contributed by atoms with Crippen LogP contribution in [0.3, 0.4) is 0 Å². The Hall–Kier alpha value is -2.21. The molecule has 0 spiro atoms. The number of amides is 1. The minimum absolute atomic E-state index is 0.0537. The van der Waals surface area contributed by atoms with E-state index in [1.165, 1.54) is 11.1 Å². The van der Waals surface area contributed by atoms with Gasteiger partial charge in [0, 0.05) is 25.7 Å². The molecule has 2 heterocycles. The highest BCUT2D eigenvalue weighted by atomic mass is 16.5. The van der Waals surface area contributed by atoms with E-state index in [-0.39, 0.29) is 30.0 Å². The lowest BCUT2D eigenvalue weighted by atomic mass is 9.83. The largest absolute Gasteiger partial charge is 0.382 e. The van der Waals surface area contributed by atoms with Gasteiger partial charge in [0.05, 0.1) is 12.1 Å². The molecule has 2 N–H and O–H groups in total. The molecular formula is C22H27N3O2. The highest BCUT2D eigenvalue weighted by Gasteiger charge is 2.55. The van der Waals surface area contributed by atoms with Gasteiger partial charge in [-0.05, 0) is 24.5 Å². The Morgan fingerprint density at radius 2 is 1.56 bits per heavy atom. The smallest absolute Gasteiger partial charge is 0.242 e. The van der Waals surface area contributed by atoms with Gasteiger partial charge in [-0.1, -0.05) is 60.7 Å². The van der Waals surface area contributed by atoms with Crippen LogP contribution in [0, 0.1) is 5.92 Å². The average Bonchev–Trinajstić information content (AvgIpc) is 3.26. The Morgan fingerprint density at radius 1 is 0.926 bits per heavy atom. The number of hydrazine groups is 1. The number of carbonyl (C=O) groups excluding carboxylic acids is 1. The summed E-state index contributed by atoms with van der Waals surface area (Å²) in [4.78, 5) is 15.2. The van der Waals surface area contributed by atoms with Crippen LogP contribution in [0.5, 0.6) is 0 Å². The van der Waals surface area contributed by atoms with E-state index in [0.29, 0.717) is 19.8 Å². The van der Waals surface area contributed by atoms with E-state index in [1.807, 2.05) is 24.0 Å². The van der Waals surface area contributed by atoms with Crippen molar-refractivity contribution in [1.82, 2.24) is 15.8 Å². The topological polar surface area (TPSA) is 53.6 Å². The van der Waals surface area contributed by atoms with Crippen molar-refractivity contribution in [2.45, 2.75) is 31.5 Å². The molecule has 0 bridgehead atoms.